The lowest BCUT2D eigenvalue weighted by molar-refractivity contribution is -0.127. The lowest BCUT2D eigenvalue weighted by Gasteiger charge is -2.22. The van der Waals surface area contributed by atoms with Gasteiger partial charge in [-0.1, -0.05) is 32.0 Å². The Hall–Kier alpha value is -4.67. The first kappa shape index (κ1) is 25.0. The standard InChI is InChI=1S/C27H29N9O2/c1-3-9-35(10-4-2)26(37)20-12-19-6-5-18(13-23(19)30-24(28)14-20)17-7-8-22-21(11-17)15-29-36(27(22)38)16-25-31-33-34-32-25/h5-8,11-13,15H,3-4,9-10,14,16H2,1-2H3,(H2,28,30)(H,31,32,33,34). The summed E-state index contributed by atoms with van der Waals surface area (Å²) in [5.41, 5.74) is 10.0. The van der Waals surface area contributed by atoms with Gasteiger partial charge in [0.15, 0.2) is 5.82 Å². The van der Waals surface area contributed by atoms with Crippen LogP contribution in [0.1, 0.15) is 44.5 Å². The maximum atomic E-state index is 13.2. The first-order valence-electron chi connectivity index (χ1n) is 12.7. The fourth-order valence-corrected chi connectivity index (χ4v) is 4.63. The fourth-order valence-electron chi connectivity index (χ4n) is 4.63. The fraction of sp³-hybridized carbons (Fsp3) is 0.296. The number of amidine groups is 1. The number of fused-ring (bicyclic) bond motifs is 2. The zero-order chi connectivity index (χ0) is 26.6. The third kappa shape index (κ3) is 5.08. The molecule has 2 aromatic carbocycles. The molecule has 5 rings (SSSR count). The van der Waals surface area contributed by atoms with Gasteiger partial charge in [-0.15, -0.1) is 5.10 Å². The molecule has 4 aromatic rings. The van der Waals surface area contributed by atoms with E-state index in [1.807, 2.05) is 41.3 Å². The molecule has 0 aliphatic carbocycles. The van der Waals surface area contributed by atoms with E-state index in [2.05, 4.69) is 44.6 Å². The van der Waals surface area contributed by atoms with Gasteiger partial charge in [0.2, 0.25) is 5.91 Å². The molecule has 1 aliphatic rings. The number of aromatic nitrogens is 6. The summed E-state index contributed by atoms with van der Waals surface area (Å²) in [5, 5.41) is 19.0. The van der Waals surface area contributed by atoms with Gasteiger partial charge in [-0.2, -0.15) is 5.10 Å². The Labute approximate surface area is 219 Å². The molecular formula is C27H29N9O2. The SMILES string of the molecule is CCCN(CCC)C(=O)C1=Cc2ccc(-c3ccc4c(=O)n(Cc5nnn[nH]5)ncc4c3)cc2N=C(N)C1. The minimum Gasteiger partial charge on any atom is -0.387 e. The van der Waals surface area contributed by atoms with Crippen molar-refractivity contribution >= 4 is 34.3 Å². The Morgan fingerprint density at radius 3 is 2.61 bits per heavy atom. The second-order valence-corrected chi connectivity index (χ2v) is 9.27. The minimum atomic E-state index is -0.229. The highest BCUT2D eigenvalue weighted by molar-refractivity contribution is 6.05. The van der Waals surface area contributed by atoms with Gasteiger partial charge in [-0.05, 0) is 58.7 Å². The molecule has 1 aliphatic heterocycles. The van der Waals surface area contributed by atoms with E-state index in [0.29, 0.717) is 47.8 Å². The summed E-state index contributed by atoms with van der Waals surface area (Å²) in [6.07, 6.45) is 5.67. The van der Waals surface area contributed by atoms with Gasteiger partial charge in [0.05, 0.1) is 17.3 Å². The van der Waals surface area contributed by atoms with Gasteiger partial charge in [0.1, 0.15) is 12.4 Å². The minimum absolute atomic E-state index is 0.0102. The number of carbonyl (C=O) groups is 1. The van der Waals surface area contributed by atoms with Crippen LogP contribution in [0.2, 0.25) is 0 Å². The first-order valence-corrected chi connectivity index (χ1v) is 12.7. The van der Waals surface area contributed by atoms with Crippen molar-refractivity contribution in [1.29, 1.82) is 0 Å². The molecule has 0 fully saturated rings. The van der Waals surface area contributed by atoms with Gasteiger partial charge in [0, 0.05) is 36.0 Å². The molecule has 0 unspecified atom stereocenters. The number of benzene rings is 2. The number of amides is 1. The molecular weight excluding hydrogens is 482 g/mol. The third-order valence-corrected chi connectivity index (χ3v) is 6.42. The van der Waals surface area contributed by atoms with Crippen molar-refractivity contribution in [2.45, 2.75) is 39.7 Å². The summed E-state index contributed by atoms with van der Waals surface area (Å²) >= 11 is 0. The maximum absolute atomic E-state index is 13.2. The average molecular weight is 512 g/mol. The highest BCUT2D eigenvalue weighted by Crippen LogP contribution is 2.33. The quantitative estimate of drug-likeness (QED) is 0.369. The molecule has 0 atom stereocenters. The van der Waals surface area contributed by atoms with E-state index in [1.165, 1.54) is 4.68 Å². The van der Waals surface area contributed by atoms with E-state index in [1.54, 1.807) is 12.3 Å². The predicted octanol–water partition coefficient (Wildman–Crippen LogP) is 3.05. The van der Waals surface area contributed by atoms with Crippen molar-refractivity contribution in [2.24, 2.45) is 10.7 Å². The smallest absolute Gasteiger partial charge is 0.275 e. The van der Waals surface area contributed by atoms with Crippen LogP contribution in [0.5, 0.6) is 0 Å². The van der Waals surface area contributed by atoms with Gasteiger partial charge >= 0.3 is 0 Å². The summed E-state index contributed by atoms with van der Waals surface area (Å²) in [6.45, 7) is 5.72. The molecule has 0 bridgehead atoms. The van der Waals surface area contributed by atoms with Crippen LogP contribution in [0.3, 0.4) is 0 Å². The number of nitrogens with two attached hydrogens (primary N) is 1. The predicted molar refractivity (Wildman–Crippen MR) is 146 cm³/mol. The highest BCUT2D eigenvalue weighted by atomic mass is 16.2. The van der Waals surface area contributed by atoms with Crippen molar-refractivity contribution in [3.63, 3.8) is 0 Å². The Morgan fingerprint density at radius 2 is 1.87 bits per heavy atom. The van der Waals surface area contributed by atoms with Crippen LogP contribution in [0.15, 0.2) is 58.0 Å². The number of nitrogens with zero attached hydrogens (tertiary/aromatic N) is 7. The van der Waals surface area contributed by atoms with E-state index >= 15 is 0 Å². The average Bonchev–Trinajstić information content (AvgIpc) is 3.37. The zero-order valence-corrected chi connectivity index (χ0v) is 21.4. The molecule has 38 heavy (non-hydrogen) atoms. The number of nitrogens with one attached hydrogen (secondary N) is 1. The summed E-state index contributed by atoms with van der Waals surface area (Å²) in [4.78, 5) is 32.7. The molecule has 2 aromatic heterocycles. The largest absolute Gasteiger partial charge is 0.387 e. The number of aromatic amines is 1. The van der Waals surface area contributed by atoms with Gasteiger partial charge in [0.25, 0.3) is 5.56 Å². The lowest BCUT2D eigenvalue weighted by Crippen LogP contribution is -2.34. The highest BCUT2D eigenvalue weighted by Gasteiger charge is 2.21. The topological polar surface area (TPSA) is 148 Å². The van der Waals surface area contributed by atoms with Crippen molar-refractivity contribution < 1.29 is 4.79 Å². The van der Waals surface area contributed by atoms with Crippen LogP contribution < -0.4 is 11.3 Å². The molecule has 3 heterocycles. The first-order chi connectivity index (χ1) is 18.5. The molecule has 0 saturated carbocycles. The Bertz CT molecular complexity index is 1600. The van der Waals surface area contributed by atoms with Crippen molar-refractivity contribution in [1.82, 2.24) is 35.3 Å². The number of H-pyrrole nitrogens is 1. The van der Waals surface area contributed by atoms with Crippen LogP contribution in [0.25, 0.3) is 28.0 Å². The number of carbonyl (C=O) groups excluding carboxylic acids is 1. The van der Waals surface area contributed by atoms with Crippen LogP contribution in [0, 0.1) is 0 Å². The molecule has 194 valence electrons. The molecule has 1 amide bonds. The van der Waals surface area contributed by atoms with E-state index in [9.17, 15) is 9.59 Å². The number of aliphatic imine (C=N–C) groups is 1. The van der Waals surface area contributed by atoms with Crippen LogP contribution >= 0.6 is 0 Å². The zero-order valence-electron chi connectivity index (χ0n) is 21.4. The third-order valence-electron chi connectivity index (χ3n) is 6.42. The van der Waals surface area contributed by atoms with Crippen LogP contribution in [0.4, 0.5) is 5.69 Å². The Kier molecular flexibility index (Phi) is 7.07. The van der Waals surface area contributed by atoms with Crippen LogP contribution in [-0.2, 0) is 11.3 Å². The molecule has 11 heteroatoms. The Balaban J connectivity index is 1.46. The van der Waals surface area contributed by atoms with Crippen molar-refractivity contribution in [2.75, 3.05) is 13.1 Å². The number of hydrogen-bond donors (Lipinski definition) is 2. The van der Waals surface area contributed by atoms with Crippen molar-refractivity contribution in [3.8, 4) is 11.1 Å². The van der Waals surface area contributed by atoms with Gasteiger partial charge in [-0.3, -0.25) is 9.59 Å². The normalized spacial score (nSPS) is 13.0. The van der Waals surface area contributed by atoms with E-state index in [-0.39, 0.29) is 18.0 Å². The van der Waals surface area contributed by atoms with Crippen LogP contribution in [-0.4, -0.2) is 60.1 Å². The van der Waals surface area contributed by atoms with Gasteiger partial charge < -0.3 is 10.6 Å². The molecule has 0 spiro atoms. The second-order valence-electron chi connectivity index (χ2n) is 9.27. The summed E-state index contributed by atoms with van der Waals surface area (Å²) in [7, 11) is 0. The maximum Gasteiger partial charge on any atom is 0.275 e. The molecule has 0 radical (unpaired) electrons. The number of rotatable bonds is 8. The van der Waals surface area contributed by atoms with E-state index in [4.69, 9.17) is 5.73 Å². The molecule has 3 N–H and O–H groups in total. The summed E-state index contributed by atoms with van der Waals surface area (Å²) in [6, 6.07) is 11.5. The van der Waals surface area contributed by atoms with E-state index in [0.717, 1.165) is 34.9 Å². The number of tetrazole rings is 1. The summed E-state index contributed by atoms with van der Waals surface area (Å²) in [5.74, 6) is 0.859. The van der Waals surface area contributed by atoms with E-state index < -0.39 is 0 Å². The monoisotopic (exact) mass is 511 g/mol. The number of hydrogen-bond acceptors (Lipinski definition) is 8. The van der Waals surface area contributed by atoms with Gasteiger partial charge in [-0.25, -0.2) is 14.8 Å². The summed E-state index contributed by atoms with van der Waals surface area (Å²) < 4.78 is 1.32. The molecule has 0 saturated heterocycles. The Morgan fingerprint density at radius 1 is 1.11 bits per heavy atom. The lowest BCUT2D eigenvalue weighted by atomic mass is 9.99. The van der Waals surface area contributed by atoms with Crippen molar-refractivity contribution in [3.05, 3.63) is 69.9 Å². The second kappa shape index (κ2) is 10.8. The molecule has 11 nitrogen and oxygen atoms in total.